The molecule has 0 saturated heterocycles. The second-order valence-corrected chi connectivity index (χ2v) is 5.69. The predicted octanol–water partition coefficient (Wildman–Crippen LogP) is 2.92. The standard InChI is InChI=1S/C13H13IN2O/c14-10-3-5-11(6-4-10)16-8-7-12(15-16)13(17)9-1-2-9/h3-9,13,17H,1-2H2. The van der Waals surface area contributed by atoms with Gasteiger partial charge in [-0.05, 0) is 71.7 Å². The minimum Gasteiger partial charge on any atom is -0.386 e. The van der Waals surface area contributed by atoms with Crippen LogP contribution in [0.15, 0.2) is 36.5 Å². The van der Waals surface area contributed by atoms with Gasteiger partial charge >= 0.3 is 0 Å². The van der Waals surface area contributed by atoms with Crippen molar-refractivity contribution in [3.63, 3.8) is 0 Å². The van der Waals surface area contributed by atoms with Crippen LogP contribution in [0.4, 0.5) is 0 Å². The Labute approximate surface area is 114 Å². The predicted molar refractivity (Wildman–Crippen MR) is 74.0 cm³/mol. The molecule has 3 rings (SSSR count). The van der Waals surface area contributed by atoms with E-state index >= 15 is 0 Å². The average molecular weight is 340 g/mol. The van der Waals surface area contributed by atoms with Crippen molar-refractivity contribution in [2.24, 2.45) is 5.92 Å². The van der Waals surface area contributed by atoms with Crippen LogP contribution in [0.25, 0.3) is 5.69 Å². The molecular weight excluding hydrogens is 327 g/mol. The van der Waals surface area contributed by atoms with Gasteiger partial charge in [0.25, 0.3) is 0 Å². The molecule has 2 aromatic rings. The highest BCUT2D eigenvalue weighted by molar-refractivity contribution is 14.1. The van der Waals surface area contributed by atoms with Gasteiger partial charge in [0.1, 0.15) is 6.10 Å². The van der Waals surface area contributed by atoms with Crippen molar-refractivity contribution in [2.45, 2.75) is 18.9 Å². The van der Waals surface area contributed by atoms with E-state index in [4.69, 9.17) is 0 Å². The Bertz CT molecular complexity index is 516. The highest BCUT2D eigenvalue weighted by Crippen LogP contribution is 2.40. The summed E-state index contributed by atoms with van der Waals surface area (Å²) in [7, 11) is 0. The lowest BCUT2D eigenvalue weighted by atomic mass is 10.2. The second kappa shape index (κ2) is 4.42. The maximum Gasteiger partial charge on any atom is 0.101 e. The lowest BCUT2D eigenvalue weighted by Crippen LogP contribution is -2.02. The molecule has 0 spiro atoms. The highest BCUT2D eigenvalue weighted by atomic mass is 127. The first-order valence-electron chi connectivity index (χ1n) is 5.73. The fourth-order valence-corrected chi connectivity index (χ4v) is 2.25. The van der Waals surface area contributed by atoms with Crippen LogP contribution in [0.3, 0.4) is 0 Å². The summed E-state index contributed by atoms with van der Waals surface area (Å²) in [6.45, 7) is 0. The number of aliphatic hydroxyl groups excluding tert-OH is 1. The van der Waals surface area contributed by atoms with Gasteiger partial charge < -0.3 is 5.11 Å². The maximum atomic E-state index is 9.99. The molecule has 0 bridgehead atoms. The summed E-state index contributed by atoms with van der Waals surface area (Å²) < 4.78 is 3.02. The third-order valence-corrected chi connectivity index (χ3v) is 3.79. The summed E-state index contributed by atoms with van der Waals surface area (Å²) in [4.78, 5) is 0. The van der Waals surface area contributed by atoms with Crippen LogP contribution in [-0.4, -0.2) is 14.9 Å². The van der Waals surface area contributed by atoms with E-state index in [0.29, 0.717) is 5.92 Å². The Hall–Kier alpha value is -0.880. The Morgan fingerprint density at radius 1 is 1.24 bits per heavy atom. The van der Waals surface area contributed by atoms with Gasteiger partial charge in [-0.25, -0.2) is 4.68 Å². The molecule has 1 aliphatic carbocycles. The van der Waals surface area contributed by atoms with E-state index < -0.39 is 0 Å². The molecule has 1 atom stereocenters. The zero-order chi connectivity index (χ0) is 11.8. The van der Waals surface area contributed by atoms with Crippen molar-refractivity contribution >= 4 is 22.6 Å². The molecule has 1 unspecified atom stereocenters. The largest absolute Gasteiger partial charge is 0.386 e. The highest BCUT2D eigenvalue weighted by Gasteiger charge is 2.32. The molecule has 1 aromatic carbocycles. The molecule has 4 heteroatoms. The van der Waals surface area contributed by atoms with E-state index in [1.165, 1.54) is 3.57 Å². The first-order valence-corrected chi connectivity index (χ1v) is 6.81. The molecule has 0 radical (unpaired) electrons. The third-order valence-electron chi connectivity index (χ3n) is 3.07. The fraction of sp³-hybridized carbons (Fsp3) is 0.308. The number of nitrogens with zero attached hydrogens (tertiary/aromatic N) is 2. The van der Waals surface area contributed by atoms with Crippen LogP contribution < -0.4 is 0 Å². The van der Waals surface area contributed by atoms with Crippen molar-refractivity contribution in [3.05, 3.63) is 45.8 Å². The summed E-state index contributed by atoms with van der Waals surface area (Å²) in [6.07, 6.45) is 3.76. The Balaban J connectivity index is 1.86. The number of halogens is 1. The van der Waals surface area contributed by atoms with Crippen LogP contribution in [0.1, 0.15) is 24.6 Å². The minimum atomic E-state index is -0.389. The van der Waals surface area contributed by atoms with Crippen LogP contribution in [-0.2, 0) is 0 Å². The second-order valence-electron chi connectivity index (χ2n) is 4.44. The number of hydrogen-bond acceptors (Lipinski definition) is 2. The van der Waals surface area contributed by atoms with Crippen molar-refractivity contribution < 1.29 is 5.11 Å². The first kappa shape index (κ1) is 11.2. The monoisotopic (exact) mass is 340 g/mol. The summed E-state index contributed by atoms with van der Waals surface area (Å²) in [5.74, 6) is 0.426. The quantitative estimate of drug-likeness (QED) is 0.873. The third kappa shape index (κ3) is 2.37. The normalized spacial score (nSPS) is 17.1. The van der Waals surface area contributed by atoms with E-state index in [0.717, 1.165) is 24.2 Å². The molecule has 1 aromatic heterocycles. The number of rotatable bonds is 3. The summed E-state index contributed by atoms with van der Waals surface area (Å²) in [5.41, 5.74) is 1.81. The average Bonchev–Trinajstić information content (AvgIpc) is 3.07. The van der Waals surface area contributed by atoms with Crippen LogP contribution >= 0.6 is 22.6 Å². The Morgan fingerprint density at radius 2 is 1.94 bits per heavy atom. The fourth-order valence-electron chi connectivity index (χ4n) is 1.89. The van der Waals surface area contributed by atoms with Gasteiger partial charge in [-0.2, -0.15) is 5.10 Å². The molecular formula is C13H13IN2O. The van der Waals surface area contributed by atoms with Crippen molar-refractivity contribution in [2.75, 3.05) is 0 Å². The molecule has 1 aliphatic rings. The van der Waals surface area contributed by atoms with Crippen LogP contribution in [0.5, 0.6) is 0 Å². The minimum absolute atomic E-state index is 0.389. The zero-order valence-electron chi connectivity index (χ0n) is 9.25. The number of benzene rings is 1. The molecule has 1 fully saturated rings. The Kier molecular flexibility index (Phi) is 2.92. The summed E-state index contributed by atoms with van der Waals surface area (Å²) >= 11 is 2.28. The molecule has 1 saturated carbocycles. The van der Waals surface area contributed by atoms with Crippen LogP contribution in [0, 0.1) is 9.49 Å². The molecule has 3 nitrogen and oxygen atoms in total. The summed E-state index contributed by atoms with van der Waals surface area (Å²) in [5, 5.41) is 14.4. The molecule has 0 amide bonds. The van der Waals surface area contributed by atoms with Gasteiger partial charge in [-0.3, -0.25) is 0 Å². The van der Waals surface area contributed by atoms with Gasteiger partial charge in [0.2, 0.25) is 0 Å². The first-order chi connectivity index (χ1) is 8.24. The van der Waals surface area contributed by atoms with Crippen molar-refractivity contribution in [3.8, 4) is 5.69 Å². The van der Waals surface area contributed by atoms with E-state index in [9.17, 15) is 5.11 Å². The van der Waals surface area contributed by atoms with Gasteiger partial charge in [-0.15, -0.1) is 0 Å². The Morgan fingerprint density at radius 3 is 2.59 bits per heavy atom. The number of hydrogen-bond donors (Lipinski definition) is 1. The SMILES string of the molecule is OC(c1ccn(-c2ccc(I)cc2)n1)C1CC1. The van der Waals surface area contributed by atoms with E-state index in [2.05, 4.69) is 39.8 Å². The van der Waals surface area contributed by atoms with Crippen molar-refractivity contribution in [1.29, 1.82) is 0 Å². The smallest absolute Gasteiger partial charge is 0.101 e. The molecule has 1 N–H and O–H groups in total. The van der Waals surface area contributed by atoms with Gasteiger partial charge in [0, 0.05) is 9.77 Å². The van der Waals surface area contributed by atoms with Gasteiger partial charge in [-0.1, -0.05) is 0 Å². The lowest BCUT2D eigenvalue weighted by molar-refractivity contribution is 0.148. The van der Waals surface area contributed by atoms with Crippen LogP contribution in [0.2, 0.25) is 0 Å². The summed E-state index contributed by atoms with van der Waals surface area (Å²) in [6, 6.07) is 10.1. The topological polar surface area (TPSA) is 38.0 Å². The molecule has 17 heavy (non-hydrogen) atoms. The molecule has 88 valence electrons. The molecule has 1 heterocycles. The molecule has 0 aliphatic heterocycles. The van der Waals surface area contributed by atoms with Crippen molar-refractivity contribution in [1.82, 2.24) is 9.78 Å². The maximum absolute atomic E-state index is 9.99. The number of aromatic nitrogens is 2. The van der Waals surface area contributed by atoms with E-state index in [1.54, 1.807) is 0 Å². The number of aliphatic hydroxyl groups is 1. The lowest BCUT2D eigenvalue weighted by Gasteiger charge is -2.05. The van der Waals surface area contributed by atoms with E-state index in [-0.39, 0.29) is 6.10 Å². The van der Waals surface area contributed by atoms with E-state index in [1.807, 2.05) is 29.1 Å². The van der Waals surface area contributed by atoms with Gasteiger partial charge in [0.15, 0.2) is 0 Å². The van der Waals surface area contributed by atoms with Gasteiger partial charge in [0.05, 0.1) is 11.4 Å². The zero-order valence-corrected chi connectivity index (χ0v) is 11.4.